The van der Waals surface area contributed by atoms with Gasteiger partial charge in [-0.15, -0.1) is 11.3 Å². The first kappa shape index (κ1) is 13.7. The summed E-state index contributed by atoms with van der Waals surface area (Å²) in [6, 6.07) is 11.7. The van der Waals surface area contributed by atoms with E-state index >= 15 is 0 Å². The van der Waals surface area contributed by atoms with Crippen LogP contribution in [0.15, 0.2) is 30.3 Å². The smallest absolute Gasteiger partial charge is 0.0578 e. The first-order chi connectivity index (χ1) is 9.76. The van der Waals surface area contributed by atoms with Crippen LogP contribution in [0.1, 0.15) is 53.6 Å². The molecule has 2 aromatic rings. The van der Waals surface area contributed by atoms with Gasteiger partial charge in [0.1, 0.15) is 0 Å². The van der Waals surface area contributed by atoms with Gasteiger partial charge in [0.05, 0.1) is 6.04 Å². The number of benzene rings is 1. The lowest BCUT2D eigenvalue weighted by Gasteiger charge is -2.14. The van der Waals surface area contributed by atoms with Gasteiger partial charge in [0.2, 0.25) is 0 Å². The van der Waals surface area contributed by atoms with Crippen LogP contribution in [0.5, 0.6) is 0 Å². The summed E-state index contributed by atoms with van der Waals surface area (Å²) in [4.78, 5) is 3.11. The Morgan fingerprint density at radius 2 is 1.90 bits per heavy atom. The number of thiophene rings is 1. The Morgan fingerprint density at radius 3 is 2.60 bits per heavy atom. The van der Waals surface area contributed by atoms with Gasteiger partial charge in [0.25, 0.3) is 0 Å². The highest BCUT2D eigenvalue weighted by Crippen LogP contribution is 2.34. The minimum Gasteiger partial charge on any atom is -0.378 e. The molecule has 1 nitrogen and oxygen atoms in total. The number of nitrogens with one attached hydrogen (secondary N) is 1. The topological polar surface area (TPSA) is 12.0 Å². The Hall–Kier alpha value is -1.28. The maximum atomic E-state index is 3.63. The Morgan fingerprint density at radius 1 is 1.15 bits per heavy atom. The van der Waals surface area contributed by atoms with Gasteiger partial charge in [0, 0.05) is 15.4 Å². The number of rotatable bonds is 4. The van der Waals surface area contributed by atoms with E-state index in [1.54, 1.807) is 10.4 Å². The predicted molar refractivity (Wildman–Crippen MR) is 88.8 cm³/mol. The van der Waals surface area contributed by atoms with Gasteiger partial charge in [-0.25, -0.2) is 0 Å². The SMILES string of the molecule is CCc1ccc(NC(C)c2cc3c(s2)CCCC3)cc1. The van der Waals surface area contributed by atoms with Crippen molar-refractivity contribution in [2.24, 2.45) is 0 Å². The third-order valence-electron chi connectivity index (χ3n) is 4.19. The van der Waals surface area contributed by atoms with E-state index < -0.39 is 0 Å². The lowest BCUT2D eigenvalue weighted by Crippen LogP contribution is -2.04. The Bertz CT molecular complexity index is 544. The molecule has 20 heavy (non-hydrogen) atoms. The second-order valence-corrected chi connectivity index (χ2v) is 6.89. The largest absolute Gasteiger partial charge is 0.378 e. The molecule has 1 heterocycles. The highest BCUT2D eigenvalue weighted by atomic mass is 32.1. The van der Waals surface area contributed by atoms with Crippen LogP contribution in [0.3, 0.4) is 0 Å². The minimum atomic E-state index is 0.401. The zero-order chi connectivity index (χ0) is 13.9. The molecular weight excluding hydrogens is 262 g/mol. The van der Waals surface area contributed by atoms with Crippen molar-refractivity contribution in [1.82, 2.24) is 0 Å². The van der Waals surface area contributed by atoms with Crippen LogP contribution in [0.25, 0.3) is 0 Å². The van der Waals surface area contributed by atoms with E-state index in [9.17, 15) is 0 Å². The lowest BCUT2D eigenvalue weighted by atomic mass is 9.99. The molecule has 0 fully saturated rings. The molecule has 3 rings (SSSR count). The predicted octanol–water partition coefficient (Wildman–Crippen LogP) is 5.36. The summed E-state index contributed by atoms with van der Waals surface area (Å²) < 4.78 is 0. The summed E-state index contributed by atoms with van der Waals surface area (Å²) in [5.74, 6) is 0. The summed E-state index contributed by atoms with van der Waals surface area (Å²) in [7, 11) is 0. The quantitative estimate of drug-likeness (QED) is 0.797. The van der Waals surface area contributed by atoms with Gasteiger partial charge in [-0.3, -0.25) is 0 Å². The molecule has 0 amide bonds. The molecule has 1 atom stereocenters. The molecule has 106 valence electrons. The minimum absolute atomic E-state index is 0.401. The van der Waals surface area contributed by atoms with Crippen LogP contribution in [-0.4, -0.2) is 0 Å². The molecule has 0 saturated carbocycles. The fraction of sp³-hybridized carbons (Fsp3) is 0.444. The van der Waals surface area contributed by atoms with Crippen molar-refractivity contribution in [3.63, 3.8) is 0 Å². The van der Waals surface area contributed by atoms with E-state index in [2.05, 4.69) is 49.5 Å². The third kappa shape index (κ3) is 2.90. The molecule has 1 aromatic heterocycles. The van der Waals surface area contributed by atoms with Gasteiger partial charge < -0.3 is 5.32 Å². The van der Waals surface area contributed by atoms with Crippen LogP contribution in [0, 0.1) is 0 Å². The highest BCUT2D eigenvalue weighted by molar-refractivity contribution is 7.12. The number of hydrogen-bond donors (Lipinski definition) is 1. The van der Waals surface area contributed by atoms with E-state index in [0.29, 0.717) is 6.04 Å². The number of fused-ring (bicyclic) bond motifs is 1. The van der Waals surface area contributed by atoms with Crippen LogP contribution in [0.4, 0.5) is 5.69 Å². The zero-order valence-electron chi connectivity index (χ0n) is 12.4. The average Bonchev–Trinajstić information content (AvgIpc) is 2.92. The molecule has 0 bridgehead atoms. The van der Waals surface area contributed by atoms with Crippen molar-refractivity contribution in [1.29, 1.82) is 0 Å². The molecule has 0 saturated heterocycles. The molecule has 2 heteroatoms. The van der Waals surface area contributed by atoms with Gasteiger partial charge in [0.15, 0.2) is 0 Å². The molecule has 1 unspecified atom stereocenters. The van der Waals surface area contributed by atoms with Crippen LogP contribution < -0.4 is 5.32 Å². The summed E-state index contributed by atoms with van der Waals surface area (Å²) >= 11 is 2.01. The molecule has 0 radical (unpaired) electrons. The summed E-state index contributed by atoms with van der Waals surface area (Å²) in [5, 5.41) is 3.63. The van der Waals surface area contributed by atoms with Gasteiger partial charge in [-0.05, 0) is 68.4 Å². The molecule has 0 spiro atoms. The maximum absolute atomic E-state index is 3.63. The number of anilines is 1. The summed E-state index contributed by atoms with van der Waals surface area (Å²) in [5.41, 5.74) is 4.22. The van der Waals surface area contributed by atoms with Crippen molar-refractivity contribution in [3.05, 3.63) is 51.2 Å². The lowest BCUT2D eigenvalue weighted by molar-refractivity contribution is 0.696. The van der Waals surface area contributed by atoms with E-state index in [1.165, 1.54) is 41.8 Å². The molecular formula is C18H23NS. The molecule has 1 aromatic carbocycles. The first-order valence-corrected chi connectivity index (χ1v) is 8.55. The average molecular weight is 285 g/mol. The Kier molecular flexibility index (Phi) is 4.11. The fourth-order valence-electron chi connectivity index (χ4n) is 2.88. The third-order valence-corrected chi connectivity index (χ3v) is 5.61. The van der Waals surface area contributed by atoms with Crippen molar-refractivity contribution < 1.29 is 0 Å². The first-order valence-electron chi connectivity index (χ1n) is 7.73. The normalized spacial score (nSPS) is 15.7. The van der Waals surface area contributed by atoms with Crippen molar-refractivity contribution in [2.75, 3.05) is 5.32 Å². The maximum Gasteiger partial charge on any atom is 0.0578 e. The molecule has 1 aliphatic rings. The number of hydrogen-bond acceptors (Lipinski definition) is 2. The summed E-state index contributed by atoms with van der Waals surface area (Å²) in [6.45, 7) is 4.46. The molecule has 1 N–H and O–H groups in total. The van der Waals surface area contributed by atoms with Gasteiger partial charge >= 0.3 is 0 Å². The monoisotopic (exact) mass is 285 g/mol. The van der Waals surface area contributed by atoms with Crippen molar-refractivity contribution >= 4 is 17.0 Å². The standard InChI is InChI=1S/C18H23NS/c1-3-14-8-10-16(11-9-14)19-13(2)18-12-15-6-4-5-7-17(15)20-18/h8-13,19H,3-7H2,1-2H3. The van der Waals surface area contributed by atoms with E-state index in [0.717, 1.165) is 6.42 Å². The molecule has 0 aliphatic heterocycles. The Balaban J connectivity index is 1.71. The van der Waals surface area contributed by atoms with Crippen molar-refractivity contribution in [2.45, 2.75) is 52.0 Å². The van der Waals surface area contributed by atoms with Gasteiger partial charge in [-0.1, -0.05) is 19.1 Å². The van der Waals surface area contributed by atoms with Crippen LogP contribution in [0.2, 0.25) is 0 Å². The van der Waals surface area contributed by atoms with Crippen molar-refractivity contribution in [3.8, 4) is 0 Å². The van der Waals surface area contributed by atoms with E-state index in [-0.39, 0.29) is 0 Å². The van der Waals surface area contributed by atoms with E-state index in [1.807, 2.05) is 11.3 Å². The van der Waals surface area contributed by atoms with Crippen LogP contribution in [-0.2, 0) is 19.3 Å². The number of aryl methyl sites for hydroxylation is 3. The van der Waals surface area contributed by atoms with Crippen LogP contribution >= 0.6 is 11.3 Å². The second kappa shape index (κ2) is 6.01. The Labute approximate surface area is 126 Å². The molecule has 1 aliphatic carbocycles. The second-order valence-electron chi connectivity index (χ2n) is 5.72. The fourth-order valence-corrected chi connectivity index (χ4v) is 4.14. The van der Waals surface area contributed by atoms with E-state index in [4.69, 9.17) is 0 Å². The summed E-state index contributed by atoms with van der Waals surface area (Å²) in [6.07, 6.45) is 6.41. The van der Waals surface area contributed by atoms with Gasteiger partial charge in [-0.2, -0.15) is 0 Å². The highest BCUT2D eigenvalue weighted by Gasteiger charge is 2.16. The zero-order valence-corrected chi connectivity index (χ0v) is 13.2.